The molecule has 154 valence electrons. The average molecular weight is 403 g/mol. The van der Waals surface area contributed by atoms with Crippen molar-refractivity contribution in [2.75, 3.05) is 31.6 Å². The van der Waals surface area contributed by atoms with Crippen molar-refractivity contribution in [3.8, 4) is 0 Å². The van der Waals surface area contributed by atoms with Crippen LogP contribution in [0.5, 0.6) is 0 Å². The van der Waals surface area contributed by atoms with Gasteiger partial charge in [-0.2, -0.15) is 13.2 Å². The monoisotopic (exact) mass is 403 g/mol. The molecule has 0 radical (unpaired) electrons. The molecule has 2 saturated heterocycles. The predicted octanol–water partition coefficient (Wildman–Crippen LogP) is 2.99. The van der Waals surface area contributed by atoms with E-state index >= 15 is 0 Å². The molecule has 28 heavy (non-hydrogen) atoms. The summed E-state index contributed by atoms with van der Waals surface area (Å²) >= 11 is 0. The van der Waals surface area contributed by atoms with E-state index in [4.69, 9.17) is 4.74 Å². The largest absolute Gasteiger partial charge is 0.419 e. The topological polar surface area (TPSA) is 70.7 Å². The number of nitrogens with zero attached hydrogens (tertiary/aromatic N) is 1. The first kappa shape index (κ1) is 20.4. The van der Waals surface area contributed by atoms with E-state index in [0.717, 1.165) is 12.5 Å². The number of ether oxygens (including phenoxy) is 1. The van der Waals surface area contributed by atoms with Gasteiger partial charge < -0.3 is 20.3 Å². The minimum absolute atomic E-state index is 0.0700. The number of amides is 3. The van der Waals surface area contributed by atoms with E-state index < -0.39 is 23.6 Å². The maximum atomic E-state index is 13.6. The van der Waals surface area contributed by atoms with E-state index in [0.29, 0.717) is 51.3 Å². The van der Waals surface area contributed by atoms with Crippen molar-refractivity contribution in [2.24, 2.45) is 5.92 Å². The molecule has 0 saturated carbocycles. The summed E-state index contributed by atoms with van der Waals surface area (Å²) < 4.78 is 56.5. The van der Waals surface area contributed by atoms with Crippen molar-refractivity contribution in [3.05, 3.63) is 29.6 Å². The van der Waals surface area contributed by atoms with Crippen LogP contribution in [-0.2, 0) is 15.7 Å². The first-order valence-electron chi connectivity index (χ1n) is 9.05. The second-order valence-corrected chi connectivity index (χ2v) is 6.95. The van der Waals surface area contributed by atoms with Gasteiger partial charge in [0.25, 0.3) is 0 Å². The number of benzene rings is 1. The summed E-state index contributed by atoms with van der Waals surface area (Å²) in [6.07, 6.45) is -2.94. The van der Waals surface area contributed by atoms with Gasteiger partial charge in [-0.25, -0.2) is 9.18 Å². The number of alkyl halides is 3. The van der Waals surface area contributed by atoms with Crippen LogP contribution in [0.4, 0.5) is 28.0 Å². The maximum absolute atomic E-state index is 13.6. The van der Waals surface area contributed by atoms with E-state index in [1.165, 1.54) is 0 Å². The fourth-order valence-corrected chi connectivity index (χ4v) is 3.41. The number of carbonyl (C=O) groups excluding carboxylic acids is 2. The van der Waals surface area contributed by atoms with Gasteiger partial charge in [-0.15, -0.1) is 0 Å². The highest BCUT2D eigenvalue weighted by molar-refractivity contribution is 5.89. The second-order valence-electron chi connectivity index (χ2n) is 6.95. The number of urea groups is 1. The van der Waals surface area contributed by atoms with Crippen molar-refractivity contribution in [1.29, 1.82) is 0 Å². The Morgan fingerprint density at radius 1 is 1.14 bits per heavy atom. The molecular formula is C18H21F4N3O3. The van der Waals surface area contributed by atoms with Gasteiger partial charge in [-0.05, 0) is 37.5 Å². The second kappa shape index (κ2) is 8.34. The van der Waals surface area contributed by atoms with Crippen LogP contribution >= 0.6 is 0 Å². The fraction of sp³-hybridized carbons (Fsp3) is 0.556. The molecule has 2 fully saturated rings. The molecule has 0 bridgehead atoms. The molecule has 1 aromatic carbocycles. The lowest BCUT2D eigenvalue weighted by molar-refractivity contribution is -0.140. The van der Waals surface area contributed by atoms with E-state index in [1.807, 2.05) is 0 Å². The Labute approximate surface area is 159 Å². The van der Waals surface area contributed by atoms with Crippen molar-refractivity contribution in [3.63, 3.8) is 0 Å². The lowest BCUT2D eigenvalue weighted by atomic mass is 10.0. The molecule has 10 heteroatoms. The van der Waals surface area contributed by atoms with Crippen molar-refractivity contribution < 1.29 is 31.9 Å². The van der Waals surface area contributed by atoms with Crippen LogP contribution in [0, 0.1) is 11.7 Å². The van der Waals surface area contributed by atoms with Gasteiger partial charge in [0.1, 0.15) is 5.82 Å². The summed E-state index contributed by atoms with van der Waals surface area (Å²) in [5.74, 6) is -1.48. The number of nitrogens with one attached hydrogen (secondary N) is 2. The van der Waals surface area contributed by atoms with Gasteiger partial charge in [0.05, 0.1) is 18.1 Å². The molecule has 2 N–H and O–H groups in total. The Balaban J connectivity index is 1.47. The lowest BCUT2D eigenvalue weighted by Gasteiger charge is -2.33. The van der Waals surface area contributed by atoms with Gasteiger partial charge in [0.15, 0.2) is 0 Å². The summed E-state index contributed by atoms with van der Waals surface area (Å²) in [6.45, 7) is 2.06. The highest BCUT2D eigenvalue weighted by atomic mass is 19.4. The lowest BCUT2D eigenvalue weighted by Crippen LogP contribution is -2.49. The molecule has 6 nitrogen and oxygen atoms in total. The Kier molecular flexibility index (Phi) is 6.07. The molecule has 2 heterocycles. The number of anilines is 1. The summed E-state index contributed by atoms with van der Waals surface area (Å²) in [6, 6.07) is 1.40. The minimum Gasteiger partial charge on any atom is -0.381 e. The molecule has 3 amide bonds. The van der Waals surface area contributed by atoms with Crippen LogP contribution in [0.2, 0.25) is 0 Å². The van der Waals surface area contributed by atoms with Gasteiger partial charge >= 0.3 is 12.2 Å². The smallest absolute Gasteiger partial charge is 0.381 e. The highest BCUT2D eigenvalue weighted by Gasteiger charge is 2.34. The van der Waals surface area contributed by atoms with E-state index in [-0.39, 0.29) is 23.6 Å². The molecule has 0 aliphatic carbocycles. The van der Waals surface area contributed by atoms with E-state index in [9.17, 15) is 27.2 Å². The van der Waals surface area contributed by atoms with Gasteiger partial charge in [0, 0.05) is 31.4 Å². The van der Waals surface area contributed by atoms with Crippen LogP contribution in [0.1, 0.15) is 24.8 Å². The van der Waals surface area contributed by atoms with Crippen molar-refractivity contribution >= 4 is 17.6 Å². The molecule has 0 aromatic heterocycles. The van der Waals surface area contributed by atoms with Crippen LogP contribution in [0.25, 0.3) is 0 Å². The first-order valence-corrected chi connectivity index (χ1v) is 9.05. The Bertz CT molecular complexity index is 727. The zero-order valence-electron chi connectivity index (χ0n) is 15.0. The zero-order chi connectivity index (χ0) is 20.3. The third-order valence-corrected chi connectivity index (χ3v) is 4.95. The predicted molar refractivity (Wildman–Crippen MR) is 92.1 cm³/mol. The van der Waals surface area contributed by atoms with Gasteiger partial charge in [-0.3, -0.25) is 4.79 Å². The average Bonchev–Trinajstić information content (AvgIpc) is 3.15. The normalized spacial score (nSPS) is 20.9. The fourth-order valence-electron chi connectivity index (χ4n) is 3.41. The zero-order valence-corrected chi connectivity index (χ0v) is 15.0. The third-order valence-electron chi connectivity index (χ3n) is 4.95. The van der Waals surface area contributed by atoms with E-state index in [2.05, 4.69) is 10.6 Å². The molecule has 1 unspecified atom stereocenters. The Hall–Kier alpha value is -2.36. The van der Waals surface area contributed by atoms with E-state index in [1.54, 1.807) is 4.90 Å². The van der Waals surface area contributed by atoms with Crippen LogP contribution < -0.4 is 10.6 Å². The molecule has 3 rings (SSSR count). The summed E-state index contributed by atoms with van der Waals surface area (Å²) in [7, 11) is 0. The van der Waals surface area contributed by atoms with Crippen LogP contribution in [0.3, 0.4) is 0 Å². The van der Waals surface area contributed by atoms with Gasteiger partial charge in [-0.1, -0.05) is 0 Å². The number of carbonyl (C=O) groups is 2. The minimum atomic E-state index is -4.79. The number of hydrogen-bond acceptors (Lipinski definition) is 3. The molecular weight excluding hydrogens is 382 g/mol. The number of rotatable bonds is 3. The molecule has 1 atom stereocenters. The summed E-state index contributed by atoms with van der Waals surface area (Å²) in [4.78, 5) is 26.1. The number of halogens is 4. The summed E-state index contributed by atoms with van der Waals surface area (Å²) in [5.41, 5.74) is -1.46. The Morgan fingerprint density at radius 2 is 1.86 bits per heavy atom. The van der Waals surface area contributed by atoms with Crippen molar-refractivity contribution in [2.45, 2.75) is 31.5 Å². The SMILES string of the molecule is O=C(Nc1ccc(C(F)(F)F)c(F)c1)NC1CCN(C(=O)C2CCOC2)CC1. The number of piperidine rings is 1. The van der Waals surface area contributed by atoms with Crippen LogP contribution in [0.15, 0.2) is 18.2 Å². The Morgan fingerprint density at radius 3 is 2.43 bits per heavy atom. The van der Waals surface area contributed by atoms with Crippen molar-refractivity contribution in [1.82, 2.24) is 10.2 Å². The van der Waals surface area contributed by atoms with Crippen LogP contribution in [-0.4, -0.2) is 49.2 Å². The third kappa shape index (κ3) is 4.92. The standard InChI is InChI=1S/C18H21F4N3O3/c19-15-9-13(1-2-14(15)18(20,21)22)24-17(27)23-12-3-6-25(7-4-12)16(26)11-5-8-28-10-11/h1-2,9,11-12H,3-8,10H2,(H2,23,24,27). The highest BCUT2D eigenvalue weighted by Crippen LogP contribution is 2.32. The molecule has 0 spiro atoms. The van der Waals surface area contributed by atoms with Gasteiger partial charge in [0.2, 0.25) is 5.91 Å². The maximum Gasteiger partial charge on any atom is 0.419 e. The number of likely N-dealkylation sites (tertiary alicyclic amines) is 1. The summed E-state index contributed by atoms with van der Waals surface area (Å²) in [5, 5.41) is 5.04. The molecule has 2 aliphatic heterocycles. The quantitative estimate of drug-likeness (QED) is 0.763. The number of hydrogen-bond donors (Lipinski definition) is 2. The molecule has 1 aromatic rings. The molecule has 2 aliphatic rings. The first-order chi connectivity index (χ1) is 13.2.